The number of nitrogens with zero attached hydrogens (tertiary/aromatic N) is 1. The van der Waals surface area contributed by atoms with Gasteiger partial charge in [-0.2, -0.15) is 0 Å². The lowest BCUT2D eigenvalue weighted by Gasteiger charge is -2.14. The molecule has 0 radical (unpaired) electrons. The molecule has 0 spiro atoms. The van der Waals surface area contributed by atoms with Crippen LogP contribution in [-0.4, -0.2) is 19.3 Å². The van der Waals surface area contributed by atoms with Gasteiger partial charge in [0.25, 0.3) is 0 Å². The SMILES string of the molecule is COC(=O)CC1=Cc2ccccc2C(CCc2ccccc2)N=C1. The predicted octanol–water partition coefficient (Wildman–Crippen LogP) is 4.39. The van der Waals surface area contributed by atoms with Crippen LogP contribution in [0, 0.1) is 0 Å². The van der Waals surface area contributed by atoms with E-state index in [0.29, 0.717) is 0 Å². The summed E-state index contributed by atoms with van der Waals surface area (Å²) in [4.78, 5) is 16.3. The van der Waals surface area contributed by atoms with Crippen LogP contribution in [0.3, 0.4) is 0 Å². The first-order chi connectivity index (χ1) is 11.8. The van der Waals surface area contributed by atoms with Crippen molar-refractivity contribution in [1.82, 2.24) is 0 Å². The van der Waals surface area contributed by atoms with Gasteiger partial charge in [0, 0.05) is 6.21 Å². The molecule has 3 rings (SSSR count). The van der Waals surface area contributed by atoms with Gasteiger partial charge in [-0.25, -0.2) is 0 Å². The van der Waals surface area contributed by atoms with Crippen molar-refractivity contribution in [2.24, 2.45) is 4.99 Å². The van der Waals surface area contributed by atoms with Crippen molar-refractivity contribution in [1.29, 1.82) is 0 Å². The van der Waals surface area contributed by atoms with Gasteiger partial charge in [0.05, 0.1) is 19.6 Å². The Balaban J connectivity index is 1.81. The average Bonchev–Trinajstić information content (AvgIpc) is 2.80. The molecule has 3 nitrogen and oxygen atoms in total. The molecule has 1 atom stereocenters. The number of fused-ring (bicyclic) bond motifs is 1. The van der Waals surface area contributed by atoms with E-state index in [1.165, 1.54) is 18.2 Å². The molecule has 24 heavy (non-hydrogen) atoms. The highest BCUT2D eigenvalue weighted by Crippen LogP contribution is 2.30. The summed E-state index contributed by atoms with van der Waals surface area (Å²) >= 11 is 0. The number of benzene rings is 2. The van der Waals surface area contributed by atoms with E-state index in [1.807, 2.05) is 30.5 Å². The number of aliphatic imine (C=N–C) groups is 1. The average molecular weight is 319 g/mol. The summed E-state index contributed by atoms with van der Waals surface area (Å²) in [7, 11) is 1.41. The van der Waals surface area contributed by atoms with Crippen LogP contribution in [0.1, 0.15) is 35.6 Å². The van der Waals surface area contributed by atoms with Gasteiger partial charge in [-0.15, -0.1) is 0 Å². The van der Waals surface area contributed by atoms with Gasteiger partial charge < -0.3 is 4.74 Å². The summed E-state index contributed by atoms with van der Waals surface area (Å²) in [5, 5.41) is 0. The van der Waals surface area contributed by atoms with Crippen molar-refractivity contribution >= 4 is 18.3 Å². The molecule has 0 N–H and O–H groups in total. The van der Waals surface area contributed by atoms with Crippen molar-refractivity contribution in [3.8, 4) is 0 Å². The highest BCUT2D eigenvalue weighted by atomic mass is 16.5. The molecule has 2 aromatic rings. The Hall–Kier alpha value is -2.68. The molecule has 0 amide bonds. The van der Waals surface area contributed by atoms with Gasteiger partial charge in [-0.05, 0) is 41.2 Å². The molecule has 0 bridgehead atoms. The lowest BCUT2D eigenvalue weighted by Crippen LogP contribution is -2.02. The van der Waals surface area contributed by atoms with Crippen molar-refractivity contribution in [3.05, 3.63) is 76.9 Å². The molecule has 0 saturated carbocycles. The van der Waals surface area contributed by atoms with Crippen LogP contribution in [0.15, 0.2) is 65.2 Å². The predicted molar refractivity (Wildman–Crippen MR) is 97.0 cm³/mol. The van der Waals surface area contributed by atoms with E-state index in [2.05, 4.69) is 36.4 Å². The summed E-state index contributed by atoms with van der Waals surface area (Å²) < 4.78 is 4.77. The van der Waals surface area contributed by atoms with Crippen molar-refractivity contribution in [2.45, 2.75) is 25.3 Å². The van der Waals surface area contributed by atoms with Gasteiger partial charge in [0.15, 0.2) is 0 Å². The third-order valence-electron chi connectivity index (χ3n) is 4.24. The molecule has 1 aliphatic heterocycles. The van der Waals surface area contributed by atoms with E-state index in [9.17, 15) is 4.79 Å². The largest absolute Gasteiger partial charge is 0.469 e. The molecule has 0 aliphatic carbocycles. The van der Waals surface area contributed by atoms with Crippen molar-refractivity contribution in [3.63, 3.8) is 0 Å². The third-order valence-corrected chi connectivity index (χ3v) is 4.24. The van der Waals surface area contributed by atoms with Gasteiger partial charge in [0.1, 0.15) is 0 Å². The fourth-order valence-electron chi connectivity index (χ4n) is 2.96. The van der Waals surface area contributed by atoms with E-state index in [4.69, 9.17) is 9.73 Å². The number of esters is 1. The van der Waals surface area contributed by atoms with Gasteiger partial charge in [0.2, 0.25) is 0 Å². The minimum atomic E-state index is -0.243. The van der Waals surface area contributed by atoms with Crippen LogP contribution < -0.4 is 0 Å². The second-order valence-electron chi connectivity index (χ2n) is 5.92. The summed E-state index contributed by atoms with van der Waals surface area (Å²) in [6, 6.07) is 18.8. The van der Waals surface area contributed by atoms with Crippen molar-refractivity contribution in [2.75, 3.05) is 7.11 Å². The second-order valence-corrected chi connectivity index (χ2v) is 5.92. The maximum atomic E-state index is 11.6. The standard InChI is InChI=1S/C21H21NO2/c1-24-21(23)14-17-13-18-9-5-6-10-19(18)20(22-15-17)12-11-16-7-3-2-4-8-16/h2-10,13,15,20H,11-12,14H2,1H3. The molecule has 1 unspecified atom stereocenters. The third kappa shape index (κ3) is 3.99. The van der Waals surface area contributed by atoms with Crippen LogP contribution in [0.25, 0.3) is 6.08 Å². The quantitative estimate of drug-likeness (QED) is 0.767. The molecule has 0 saturated heterocycles. The minimum absolute atomic E-state index is 0.104. The van der Waals surface area contributed by atoms with E-state index in [1.54, 1.807) is 0 Å². The minimum Gasteiger partial charge on any atom is -0.469 e. The van der Waals surface area contributed by atoms with E-state index >= 15 is 0 Å². The first kappa shape index (κ1) is 16.2. The lowest BCUT2D eigenvalue weighted by molar-refractivity contribution is -0.139. The maximum absolute atomic E-state index is 11.6. The number of rotatable bonds is 5. The first-order valence-corrected chi connectivity index (χ1v) is 8.19. The molecule has 1 heterocycles. The maximum Gasteiger partial charge on any atom is 0.310 e. The molecular formula is C21H21NO2. The molecule has 3 heteroatoms. The number of ether oxygens (including phenoxy) is 1. The number of aryl methyl sites for hydroxylation is 1. The highest BCUT2D eigenvalue weighted by Gasteiger charge is 2.17. The summed E-state index contributed by atoms with van der Waals surface area (Å²) in [6.07, 6.45) is 6.03. The fraction of sp³-hybridized carbons (Fsp3) is 0.238. The van der Waals surface area contributed by atoms with Crippen LogP contribution >= 0.6 is 0 Å². The molecule has 0 aromatic heterocycles. The monoisotopic (exact) mass is 319 g/mol. The summed E-state index contributed by atoms with van der Waals surface area (Å²) in [5.41, 5.74) is 4.55. The lowest BCUT2D eigenvalue weighted by atomic mass is 9.95. The molecule has 0 fully saturated rings. The Morgan fingerprint density at radius 2 is 1.83 bits per heavy atom. The molecule has 1 aliphatic rings. The number of hydrogen-bond acceptors (Lipinski definition) is 3. The summed E-state index contributed by atoms with van der Waals surface area (Å²) in [5.74, 6) is -0.243. The van der Waals surface area contributed by atoms with Gasteiger partial charge >= 0.3 is 5.97 Å². The Morgan fingerprint density at radius 3 is 2.62 bits per heavy atom. The smallest absolute Gasteiger partial charge is 0.310 e. The van der Waals surface area contributed by atoms with E-state index in [-0.39, 0.29) is 18.4 Å². The Bertz CT molecular complexity index is 762. The summed E-state index contributed by atoms with van der Waals surface area (Å²) in [6.45, 7) is 0. The molecule has 2 aromatic carbocycles. The van der Waals surface area contributed by atoms with Crippen LogP contribution in [0.5, 0.6) is 0 Å². The number of methoxy groups -OCH3 is 1. The van der Waals surface area contributed by atoms with Gasteiger partial charge in [-0.3, -0.25) is 9.79 Å². The van der Waals surface area contributed by atoms with Gasteiger partial charge in [-0.1, -0.05) is 54.6 Å². The number of carbonyl (C=O) groups is 1. The molecule has 122 valence electrons. The van der Waals surface area contributed by atoms with E-state index in [0.717, 1.165) is 24.0 Å². The Labute approximate surface area is 142 Å². The number of carbonyl (C=O) groups excluding carboxylic acids is 1. The zero-order valence-electron chi connectivity index (χ0n) is 13.8. The Morgan fingerprint density at radius 1 is 1.08 bits per heavy atom. The zero-order chi connectivity index (χ0) is 16.8. The highest BCUT2D eigenvalue weighted by molar-refractivity contribution is 5.93. The van der Waals surface area contributed by atoms with Crippen molar-refractivity contribution < 1.29 is 9.53 Å². The first-order valence-electron chi connectivity index (χ1n) is 8.19. The normalized spacial score (nSPS) is 16.0. The van der Waals surface area contributed by atoms with Crippen LogP contribution in [-0.2, 0) is 16.0 Å². The Kier molecular flexibility index (Phi) is 5.22. The second kappa shape index (κ2) is 7.73. The molecular weight excluding hydrogens is 298 g/mol. The van der Waals surface area contributed by atoms with Crippen LogP contribution in [0.2, 0.25) is 0 Å². The van der Waals surface area contributed by atoms with Crippen LogP contribution in [0.4, 0.5) is 0 Å². The number of hydrogen-bond donors (Lipinski definition) is 0. The topological polar surface area (TPSA) is 38.7 Å². The van der Waals surface area contributed by atoms with E-state index < -0.39 is 0 Å². The zero-order valence-corrected chi connectivity index (χ0v) is 13.8. The fourth-order valence-corrected chi connectivity index (χ4v) is 2.96.